The molecule has 2 aromatic carbocycles. The Balaban J connectivity index is 2.12. The van der Waals surface area contributed by atoms with E-state index in [1.54, 1.807) is 13.0 Å². The van der Waals surface area contributed by atoms with Crippen LogP contribution in [0.3, 0.4) is 0 Å². The van der Waals surface area contributed by atoms with Crippen molar-refractivity contribution in [2.45, 2.75) is 17.9 Å². The van der Waals surface area contributed by atoms with Gasteiger partial charge in [0.2, 0.25) is 0 Å². The first-order valence-electron chi connectivity index (χ1n) is 7.17. The maximum Gasteiger partial charge on any atom is 0.251 e. The van der Waals surface area contributed by atoms with Crippen molar-refractivity contribution in [3.63, 3.8) is 0 Å². The highest BCUT2D eigenvalue weighted by atomic mass is 32.2. The van der Waals surface area contributed by atoms with Gasteiger partial charge in [0.1, 0.15) is 0 Å². The van der Waals surface area contributed by atoms with Crippen LogP contribution < -0.4 is 10.1 Å². The highest BCUT2D eigenvalue weighted by molar-refractivity contribution is 7.90. The van der Waals surface area contributed by atoms with Gasteiger partial charge in [0.15, 0.2) is 21.4 Å². The lowest BCUT2D eigenvalue weighted by Gasteiger charge is -2.15. The average Bonchev–Trinajstić information content (AvgIpc) is 2.54. The summed E-state index contributed by atoms with van der Waals surface area (Å²) in [7, 11) is -1.93. The summed E-state index contributed by atoms with van der Waals surface area (Å²) in [5.74, 6) is -0.749. The number of halogens is 1. The smallest absolute Gasteiger partial charge is 0.251 e. The van der Waals surface area contributed by atoms with Crippen LogP contribution in [-0.4, -0.2) is 27.7 Å². The highest BCUT2D eigenvalue weighted by Crippen LogP contribution is 2.22. The van der Waals surface area contributed by atoms with Gasteiger partial charge in [0.25, 0.3) is 5.91 Å². The zero-order chi connectivity index (χ0) is 17.9. The summed E-state index contributed by atoms with van der Waals surface area (Å²) in [6.45, 7) is 1.73. The van der Waals surface area contributed by atoms with Gasteiger partial charge in [-0.05, 0) is 48.9 Å². The third-order valence-corrected chi connectivity index (χ3v) is 4.70. The molecule has 2 rings (SSSR count). The summed E-state index contributed by atoms with van der Waals surface area (Å²) in [5, 5.41) is 2.74. The van der Waals surface area contributed by atoms with Gasteiger partial charge in [-0.1, -0.05) is 6.07 Å². The Morgan fingerprint density at radius 3 is 2.29 bits per heavy atom. The van der Waals surface area contributed by atoms with E-state index in [-0.39, 0.29) is 16.6 Å². The van der Waals surface area contributed by atoms with E-state index in [0.29, 0.717) is 11.1 Å². The quantitative estimate of drug-likeness (QED) is 0.899. The van der Waals surface area contributed by atoms with Gasteiger partial charge in [0.05, 0.1) is 18.0 Å². The van der Waals surface area contributed by atoms with Gasteiger partial charge < -0.3 is 10.1 Å². The largest absolute Gasteiger partial charge is 0.494 e. The molecular weight excluding hydrogens is 333 g/mol. The molecule has 7 heteroatoms. The SMILES string of the molecule is COc1ccc([C@@H](C)NC(=O)c2ccc(S(C)(=O)=O)cc2)cc1F. The molecule has 2 aromatic rings. The summed E-state index contributed by atoms with van der Waals surface area (Å²) < 4.78 is 41.4. The first kappa shape index (κ1) is 17.9. The van der Waals surface area contributed by atoms with Gasteiger partial charge in [-0.2, -0.15) is 0 Å². The molecule has 1 amide bonds. The van der Waals surface area contributed by atoms with E-state index in [9.17, 15) is 17.6 Å². The van der Waals surface area contributed by atoms with Crippen molar-refractivity contribution in [1.29, 1.82) is 0 Å². The van der Waals surface area contributed by atoms with Crippen molar-refractivity contribution < 1.29 is 22.3 Å². The molecule has 0 aromatic heterocycles. The molecule has 0 unspecified atom stereocenters. The summed E-state index contributed by atoms with van der Waals surface area (Å²) in [6, 6.07) is 9.67. The molecule has 24 heavy (non-hydrogen) atoms. The molecule has 0 spiro atoms. The van der Waals surface area contributed by atoms with Crippen molar-refractivity contribution in [1.82, 2.24) is 5.32 Å². The standard InChI is InChI=1S/C17H18FNO4S/c1-11(13-6-9-16(23-2)15(18)10-13)19-17(20)12-4-7-14(8-5-12)24(3,21)22/h4-11H,1-3H3,(H,19,20)/t11-/m1/s1. The number of carbonyl (C=O) groups is 1. The first-order chi connectivity index (χ1) is 11.2. The predicted octanol–water partition coefficient (Wildman–Crippen LogP) is 2.73. The Morgan fingerprint density at radius 1 is 1.17 bits per heavy atom. The maximum absolute atomic E-state index is 13.7. The van der Waals surface area contributed by atoms with Crippen molar-refractivity contribution >= 4 is 15.7 Å². The molecule has 0 bridgehead atoms. The third-order valence-electron chi connectivity index (χ3n) is 3.57. The fourth-order valence-corrected chi connectivity index (χ4v) is 2.80. The number of sulfone groups is 1. The fourth-order valence-electron chi connectivity index (χ4n) is 2.17. The van der Waals surface area contributed by atoms with Crippen LogP contribution in [0, 0.1) is 5.82 Å². The summed E-state index contributed by atoms with van der Waals surface area (Å²) in [4.78, 5) is 12.4. The van der Waals surface area contributed by atoms with E-state index in [1.165, 1.54) is 43.5 Å². The molecule has 0 heterocycles. The lowest BCUT2D eigenvalue weighted by Crippen LogP contribution is -2.26. The van der Waals surface area contributed by atoms with E-state index in [4.69, 9.17) is 4.74 Å². The van der Waals surface area contributed by atoms with Crippen molar-refractivity contribution in [3.8, 4) is 5.75 Å². The van der Waals surface area contributed by atoms with Crippen LogP contribution in [0.5, 0.6) is 5.75 Å². The normalized spacial score (nSPS) is 12.5. The zero-order valence-corrected chi connectivity index (χ0v) is 14.4. The Hall–Kier alpha value is -2.41. The molecule has 0 aliphatic heterocycles. The summed E-state index contributed by atoms with van der Waals surface area (Å²) >= 11 is 0. The van der Waals surface area contributed by atoms with Crippen LogP contribution in [0.25, 0.3) is 0 Å². The van der Waals surface area contributed by atoms with Crippen LogP contribution in [0.4, 0.5) is 4.39 Å². The van der Waals surface area contributed by atoms with Crippen molar-refractivity contribution in [3.05, 3.63) is 59.4 Å². The molecule has 0 saturated carbocycles. The van der Waals surface area contributed by atoms with Gasteiger partial charge in [-0.3, -0.25) is 4.79 Å². The second-order valence-electron chi connectivity index (χ2n) is 5.39. The Labute approximate surface area is 140 Å². The number of ether oxygens (including phenoxy) is 1. The van der Waals surface area contributed by atoms with Crippen LogP contribution >= 0.6 is 0 Å². The predicted molar refractivity (Wildman–Crippen MR) is 88.4 cm³/mol. The Morgan fingerprint density at radius 2 is 1.79 bits per heavy atom. The second-order valence-corrected chi connectivity index (χ2v) is 7.40. The van der Waals surface area contributed by atoms with Gasteiger partial charge in [-0.25, -0.2) is 12.8 Å². The van der Waals surface area contributed by atoms with E-state index < -0.39 is 21.7 Å². The van der Waals surface area contributed by atoms with E-state index in [2.05, 4.69) is 5.32 Å². The Kier molecular flexibility index (Phi) is 5.23. The number of amides is 1. The first-order valence-corrected chi connectivity index (χ1v) is 9.06. The van der Waals surface area contributed by atoms with E-state index >= 15 is 0 Å². The lowest BCUT2D eigenvalue weighted by atomic mass is 10.1. The number of hydrogen-bond donors (Lipinski definition) is 1. The molecule has 5 nitrogen and oxygen atoms in total. The minimum atomic E-state index is -3.31. The molecule has 1 N–H and O–H groups in total. The number of nitrogens with one attached hydrogen (secondary N) is 1. The fraction of sp³-hybridized carbons (Fsp3) is 0.235. The molecule has 0 radical (unpaired) electrons. The number of hydrogen-bond acceptors (Lipinski definition) is 4. The van der Waals surface area contributed by atoms with Crippen LogP contribution in [0.1, 0.15) is 28.9 Å². The molecule has 1 atom stereocenters. The average molecular weight is 351 g/mol. The van der Waals surface area contributed by atoms with Gasteiger partial charge >= 0.3 is 0 Å². The minimum absolute atomic E-state index is 0.133. The number of benzene rings is 2. The Bertz CT molecular complexity index is 847. The second kappa shape index (κ2) is 7.00. The number of methoxy groups -OCH3 is 1. The van der Waals surface area contributed by atoms with Crippen LogP contribution in [0.15, 0.2) is 47.4 Å². The number of carbonyl (C=O) groups excluding carboxylic acids is 1. The summed E-state index contributed by atoms with van der Waals surface area (Å²) in [5.41, 5.74) is 0.914. The molecular formula is C17H18FNO4S. The van der Waals surface area contributed by atoms with Gasteiger partial charge in [-0.15, -0.1) is 0 Å². The lowest BCUT2D eigenvalue weighted by molar-refractivity contribution is 0.0939. The topological polar surface area (TPSA) is 72.5 Å². The zero-order valence-electron chi connectivity index (χ0n) is 13.5. The molecule has 0 saturated heterocycles. The van der Waals surface area contributed by atoms with E-state index in [1.807, 2.05) is 0 Å². The molecule has 0 aliphatic rings. The molecule has 0 fully saturated rings. The van der Waals surface area contributed by atoms with Gasteiger partial charge in [0, 0.05) is 11.8 Å². The molecule has 0 aliphatic carbocycles. The minimum Gasteiger partial charge on any atom is -0.494 e. The van der Waals surface area contributed by atoms with Crippen molar-refractivity contribution in [2.24, 2.45) is 0 Å². The highest BCUT2D eigenvalue weighted by Gasteiger charge is 2.14. The summed E-state index contributed by atoms with van der Waals surface area (Å²) in [6.07, 6.45) is 1.10. The maximum atomic E-state index is 13.7. The van der Waals surface area contributed by atoms with E-state index in [0.717, 1.165) is 6.26 Å². The van der Waals surface area contributed by atoms with Crippen molar-refractivity contribution in [2.75, 3.05) is 13.4 Å². The van der Waals surface area contributed by atoms with Crippen LogP contribution in [0.2, 0.25) is 0 Å². The third kappa shape index (κ3) is 4.11. The van der Waals surface area contributed by atoms with Crippen LogP contribution in [-0.2, 0) is 9.84 Å². The molecule has 128 valence electrons. The number of rotatable bonds is 5. The monoisotopic (exact) mass is 351 g/mol.